The molecule has 5 heterocycles. The van der Waals surface area contributed by atoms with E-state index in [0.29, 0.717) is 49.7 Å². The van der Waals surface area contributed by atoms with Gasteiger partial charge in [0.25, 0.3) is 5.91 Å². The normalized spacial score (nSPS) is 25.1. The molecule has 11 heteroatoms. The predicted octanol–water partition coefficient (Wildman–Crippen LogP) is 4.67. The predicted molar refractivity (Wildman–Crippen MR) is 181 cm³/mol. The van der Waals surface area contributed by atoms with Crippen LogP contribution in [0, 0.1) is 18.8 Å². The zero-order valence-corrected chi connectivity index (χ0v) is 27.8. The molecule has 10 nitrogen and oxygen atoms in total. The first kappa shape index (κ1) is 31.3. The Labute approximate surface area is 279 Å². The highest BCUT2D eigenvalue weighted by Gasteiger charge is 2.38. The molecule has 0 radical (unpaired) electrons. The molecule has 4 fully saturated rings. The van der Waals surface area contributed by atoms with E-state index in [1.54, 1.807) is 23.9 Å². The van der Waals surface area contributed by atoms with Crippen molar-refractivity contribution in [3.05, 3.63) is 53.2 Å². The van der Waals surface area contributed by atoms with E-state index in [1.165, 1.54) is 28.8 Å². The van der Waals surface area contributed by atoms with Gasteiger partial charge in [0.05, 0.1) is 36.5 Å². The summed E-state index contributed by atoms with van der Waals surface area (Å²) < 4.78 is 24.3. The number of likely N-dealkylation sites (tertiary alicyclic amines) is 2. The molecule has 2 aliphatic carbocycles. The number of hydrogen-bond donors (Lipinski definition) is 2. The lowest BCUT2D eigenvalue weighted by atomic mass is 9.83. The molecular formula is C37H45FN6O4. The Morgan fingerprint density at radius 3 is 2.50 bits per heavy atom. The Kier molecular flexibility index (Phi) is 7.94. The van der Waals surface area contributed by atoms with E-state index < -0.39 is 12.2 Å². The van der Waals surface area contributed by atoms with Crippen LogP contribution >= 0.6 is 0 Å². The fourth-order valence-corrected chi connectivity index (χ4v) is 8.29. The van der Waals surface area contributed by atoms with Gasteiger partial charge in [-0.1, -0.05) is 18.2 Å². The fraction of sp³-hybridized carbons (Fsp3) is 0.541. The van der Waals surface area contributed by atoms with Crippen LogP contribution in [0.4, 0.5) is 4.39 Å². The van der Waals surface area contributed by atoms with E-state index in [1.807, 2.05) is 11.8 Å². The third kappa shape index (κ3) is 5.54. The molecule has 0 spiro atoms. The minimum absolute atomic E-state index is 0.0253. The van der Waals surface area contributed by atoms with E-state index in [0.717, 1.165) is 47.2 Å². The number of para-hydroxylation sites is 1. The van der Waals surface area contributed by atoms with E-state index in [9.17, 15) is 19.1 Å². The van der Waals surface area contributed by atoms with Crippen molar-refractivity contribution in [2.75, 3.05) is 33.3 Å². The van der Waals surface area contributed by atoms with Gasteiger partial charge in [0.1, 0.15) is 23.1 Å². The lowest BCUT2D eigenvalue weighted by molar-refractivity contribution is -0.141. The molecule has 0 bridgehead atoms. The number of fused-ring (bicyclic) bond motifs is 2. The van der Waals surface area contributed by atoms with Crippen LogP contribution in [0.15, 0.2) is 36.5 Å². The zero-order valence-electron chi connectivity index (χ0n) is 27.8. The number of aliphatic hydroxyl groups is 1. The highest BCUT2D eigenvalue weighted by atomic mass is 19.1. The maximum atomic E-state index is 14.3. The second-order valence-corrected chi connectivity index (χ2v) is 14.7. The molecule has 1 aromatic carbocycles. The lowest BCUT2D eigenvalue weighted by Crippen LogP contribution is -2.51. The first-order valence-corrected chi connectivity index (χ1v) is 17.5. The monoisotopic (exact) mass is 656 g/mol. The first-order valence-electron chi connectivity index (χ1n) is 17.5. The van der Waals surface area contributed by atoms with Gasteiger partial charge in [-0.25, -0.2) is 8.91 Å². The number of rotatable bonds is 7. The highest BCUT2D eigenvalue weighted by Crippen LogP contribution is 2.42. The fourth-order valence-electron chi connectivity index (χ4n) is 8.29. The summed E-state index contributed by atoms with van der Waals surface area (Å²) >= 11 is 0. The number of benzene rings is 1. The smallest absolute Gasteiger partial charge is 0.255 e. The molecule has 0 unspecified atom stereocenters. The number of carbonyl (C=O) groups is 2. The number of methoxy groups -OCH3 is 1. The van der Waals surface area contributed by atoms with Gasteiger partial charge in [-0.15, -0.1) is 0 Å². The van der Waals surface area contributed by atoms with Crippen LogP contribution in [-0.2, 0) is 11.3 Å². The quantitative estimate of drug-likeness (QED) is 0.299. The molecule has 3 N–H and O–H groups in total. The average molecular weight is 657 g/mol. The molecule has 2 saturated carbocycles. The molecule has 2 saturated heterocycles. The number of aromatic nitrogens is 3. The van der Waals surface area contributed by atoms with Crippen LogP contribution in [0.3, 0.4) is 0 Å². The second-order valence-electron chi connectivity index (χ2n) is 14.7. The van der Waals surface area contributed by atoms with Gasteiger partial charge >= 0.3 is 0 Å². The molecule has 2 aliphatic heterocycles. The summed E-state index contributed by atoms with van der Waals surface area (Å²) in [5.41, 5.74) is 12.5. The molecule has 3 aromatic heterocycles. The van der Waals surface area contributed by atoms with Crippen molar-refractivity contribution < 1.29 is 23.8 Å². The van der Waals surface area contributed by atoms with Crippen LogP contribution in [0.2, 0.25) is 0 Å². The molecule has 2 amide bonds. The van der Waals surface area contributed by atoms with Crippen LogP contribution in [0.25, 0.3) is 27.8 Å². The van der Waals surface area contributed by atoms with Crippen LogP contribution in [0.1, 0.15) is 72.3 Å². The van der Waals surface area contributed by atoms with E-state index in [2.05, 4.69) is 28.8 Å². The van der Waals surface area contributed by atoms with Crippen molar-refractivity contribution >= 4 is 28.2 Å². The first-order chi connectivity index (χ1) is 23.2. The second kappa shape index (κ2) is 12.2. The number of piperidine rings is 1. The number of ether oxygens (including phenoxy) is 1. The van der Waals surface area contributed by atoms with Crippen molar-refractivity contribution in [1.82, 2.24) is 24.0 Å². The van der Waals surface area contributed by atoms with Crippen LogP contribution < -0.4 is 10.5 Å². The number of nitrogens with two attached hydrogens (primary N) is 1. The van der Waals surface area contributed by atoms with Gasteiger partial charge in [0.15, 0.2) is 0 Å². The number of hydrogen-bond acceptors (Lipinski definition) is 6. The Bertz CT molecular complexity index is 1870. The van der Waals surface area contributed by atoms with Gasteiger partial charge in [0.2, 0.25) is 5.91 Å². The number of aryl methyl sites for hydroxylation is 1. The molecular weight excluding hydrogens is 611 g/mol. The van der Waals surface area contributed by atoms with Gasteiger partial charge in [-0.2, -0.15) is 5.10 Å². The summed E-state index contributed by atoms with van der Waals surface area (Å²) in [6.07, 6.45) is 5.93. The van der Waals surface area contributed by atoms with Crippen molar-refractivity contribution in [3.63, 3.8) is 0 Å². The lowest BCUT2D eigenvalue weighted by Gasteiger charge is -2.42. The minimum Gasteiger partial charge on any atom is -0.494 e. The van der Waals surface area contributed by atoms with Crippen LogP contribution in [0.5, 0.6) is 5.75 Å². The van der Waals surface area contributed by atoms with Gasteiger partial charge < -0.3 is 29.9 Å². The molecule has 254 valence electrons. The average Bonchev–Trinajstić information content (AvgIpc) is 3.71. The summed E-state index contributed by atoms with van der Waals surface area (Å²) in [5, 5.41) is 16.1. The number of nitrogens with zero attached hydrogens (tertiary/aromatic N) is 5. The third-order valence-corrected chi connectivity index (χ3v) is 11.1. The molecule has 8 rings (SSSR count). The Morgan fingerprint density at radius 2 is 1.79 bits per heavy atom. The van der Waals surface area contributed by atoms with Crippen molar-refractivity contribution in [2.45, 2.75) is 82.6 Å². The Balaban J connectivity index is 1.14. The Morgan fingerprint density at radius 1 is 1.02 bits per heavy atom. The summed E-state index contributed by atoms with van der Waals surface area (Å²) in [6, 6.07) is 10.0. The molecule has 4 aliphatic rings. The highest BCUT2D eigenvalue weighted by molar-refractivity contribution is 5.96. The number of carbonyl (C=O) groups excluding carboxylic acids is 2. The van der Waals surface area contributed by atoms with E-state index >= 15 is 0 Å². The largest absolute Gasteiger partial charge is 0.494 e. The number of amides is 2. The van der Waals surface area contributed by atoms with E-state index in [4.69, 9.17) is 15.6 Å². The topological polar surface area (TPSA) is 118 Å². The van der Waals surface area contributed by atoms with E-state index in [-0.39, 0.29) is 42.7 Å². The SMILES string of the molecule is COc1cc(C(=O)N2C[C@H](N)C[C@@H](F)C2)cn2nc(-c3cc4cccc(C5CN(C(=O)C6CCC(O)CC6)C5)c4n3CC3CC3)c(C)c12. The third-order valence-electron chi connectivity index (χ3n) is 11.1. The van der Waals surface area contributed by atoms with Crippen molar-refractivity contribution in [2.24, 2.45) is 17.6 Å². The summed E-state index contributed by atoms with van der Waals surface area (Å²) in [4.78, 5) is 30.3. The number of alkyl halides is 1. The zero-order chi connectivity index (χ0) is 33.3. The maximum absolute atomic E-state index is 14.3. The van der Waals surface area contributed by atoms with Crippen LogP contribution in [-0.4, -0.2) is 92.5 Å². The summed E-state index contributed by atoms with van der Waals surface area (Å²) in [5.74, 6) is 1.38. The molecule has 4 aromatic rings. The molecule has 48 heavy (non-hydrogen) atoms. The number of aliphatic hydroxyl groups excluding tert-OH is 1. The van der Waals surface area contributed by atoms with Crippen molar-refractivity contribution in [3.8, 4) is 17.1 Å². The number of pyridine rings is 1. The van der Waals surface area contributed by atoms with Gasteiger partial charge in [-0.3, -0.25) is 9.59 Å². The summed E-state index contributed by atoms with van der Waals surface area (Å²) in [7, 11) is 1.59. The van der Waals surface area contributed by atoms with Crippen molar-refractivity contribution in [1.29, 1.82) is 0 Å². The standard InChI is InChI=1S/C37H45FN6O4/c1-21-33(40-44-18-25(13-32(48-2)34(21)44)37(47)42-19-27(38)14-28(39)20-42)31-12-24-4-3-5-30(35(24)43(31)15-22-6-7-22)26-16-41(17-26)36(46)23-8-10-29(45)11-9-23/h3-5,12-13,18,22-23,26-29,45H,6-11,14-17,19-20,39H2,1-2H3/t23?,27-,28-,29?/m1/s1. The molecule has 2 atom stereocenters. The summed E-state index contributed by atoms with van der Waals surface area (Å²) in [6.45, 7) is 4.70. The van der Waals surface area contributed by atoms with Gasteiger partial charge in [0, 0.05) is 61.2 Å². The minimum atomic E-state index is -1.14. The Hall–Kier alpha value is -3.96. The van der Waals surface area contributed by atoms with Gasteiger partial charge in [-0.05, 0) is 75.5 Å². The number of halogens is 1. The maximum Gasteiger partial charge on any atom is 0.255 e.